The van der Waals surface area contributed by atoms with E-state index in [0.29, 0.717) is 5.69 Å². The minimum atomic E-state index is -4.71. The van der Waals surface area contributed by atoms with Crippen molar-refractivity contribution in [1.29, 1.82) is 0 Å². The lowest BCUT2D eigenvalue weighted by Gasteiger charge is -2.09. The number of carbonyl (C=O) groups excluding carboxylic acids is 1. The summed E-state index contributed by atoms with van der Waals surface area (Å²) in [5.74, 6) is 0. The van der Waals surface area contributed by atoms with E-state index < -0.39 is 12.3 Å². The van der Waals surface area contributed by atoms with Crippen LogP contribution >= 0.6 is 22.6 Å². The molecule has 15 heavy (non-hydrogen) atoms. The average Bonchev–Trinajstić information content (AvgIpc) is 2.05. The highest BCUT2D eigenvalue weighted by atomic mass is 127. The molecular weight excluding hydrogens is 324 g/mol. The number of halogens is 4. The Kier molecular flexibility index (Phi) is 3.77. The summed E-state index contributed by atoms with van der Waals surface area (Å²) in [6.07, 6.45) is -4.71. The van der Waals surface area contributed by atoms with Crippen molar-refractivity contribution in [2.45, 2.75) is 6.30 Å². The van der Waals surface area contributed by atoms with Gasteiger partial charge in [-0.15, -0.1) is 0 Å². The summed E-state index contributed by atoms with van der Waals surface area (Å²) in [7, 11) is 0. The molecule has 0 saturated heterocycles. The molecule has 7 heteroatoms. The van der Waals surface area contributed by atoms with Gasteiger partial charge in [-0.05, 0) is 46.9 Å². The number of anilines is 1. The summed E-state index contributed by atoms with van der Waals surface area (Å²) in [6.45, 7) is 0. The van der Waals surface area contributed by atoms with E-state index in [0.717, 1.165) is 8.89 Å². The Labute approximate surface area is 97.2 Å². The maximum atomic E-state index is 11.7. The molecule has 1 rings (SSSR count). The molecule has 0 atom stereocenters. The highest BCUT2D eigenvalue weighted by molar-refractivity contribution is 14.1. The van der Waals surface area contributed by atoms with E-state index in [1.54, 1.807) is 12.1 Å². The minimum absolute atomic E-state index is 0.303. The van der Waals surface area contributed by atoms with E-state index in [2.05, 4.69) is 5.32 Å². The SMILES string of the molecule is O=C(Nc1ccc(I)cc1)NC(F)(F)F. The molecule has 0 aliphatic carbocycles. The molecule has 0 unspecified atom stereocenters. The Morgan fingerprint density at radius 1 is 1.20 bits per heavy atom. The quantitative estimate of drug-likeness (QED) is 0.603. The zero-order chi connectivity index (χ0) is 11.5. The third-order valence-corrected chi connectivity index (χ3v) is 2.08. The lowest BCUT2D eigenvalue weighted by atomic mass is 10.3. The van der Waals surface area contributed by atoms with Gasteiger partial charge in [-0.1, -0.05) is 0 Å². The first-order valence-corrected chi connectivity index (χ1v) is 4.86. The van der Waals surface area contributed by atoms with Crippen molar-refractivity contribution >= 4 is 34.3 Å². The van der Waals surface area contributed by atoms with Crippen LogP contribution in [0.5, 0.6) is 0 Å². The fourth-order valence-electron chi connectivity index (χ4n) is 0.824. The molecule has 0 aromatic heterocycles. The Bertz CT molecular complexity index is 350. The van der Waals surface area contributed by atoms with E-state index in [-0.39, 0.29) is 0 Å². The number of urea groups is 1. The molecule has 1 aromatic rings. The van der Waals surface area contributed by atoms with Crippen LogP contribution in [0.15, 0.2) is 24.3 Å². The number of rotatable bonds is 1. The lowest BCUT2D eigenvalue weighted by Crippen LogP contribution is -2.40. The number of hydrogen-bond acceptors (Lipinski definition) is 1. The van der Waals surface area contributed by atoms with Gasteiger partial charge < -0.3 is 5.32 Å². The monoisotopic (exact) mass is 330 g/mol. The summed E-state index contributed by atoms with van der Waals surface area (Å²) in [5, 5.41) is 2.88. The van der Waals surface area contributed by atoms with Gasteiger partial charge in [0.15, 0.2) is 0 Å². The number of alkyl halides is 3. The predicted octanol–water partition coefficient (Wildman–Crippen LogP) is 2.93. The maximum absolute atomic E-state index is 11.7. The number of benzene rings is 1. The first-order chi connectivity index (χ1) is 6.87. The molecule has 0 aliphatic heterocycles. The summed E-state index contributed by atoms with van der Waals surface area (Å²) in [6, 6.07) is 5.06. The molecule has 0 aliphatic rings. The van der Waals surface area contributed by atoms with Crippen molar-refractivity contribution in [2.75, 3.05) is 5.32 Å². The second-order valence-corrected chi connectivity index (χ2v) is 3.83. The molecule has 0 fully saturated rings. The van der Waals surface area contributed by atoms with Gasteiger partial charge in [0.2, 0.25) is 0 Å². The first kappa shape index (κ1) is 12.1. The Hall–Kier alpha value is -0.990. The zero-order valence-corrected chi connectivity index (χ0v) is 9.39. The van der Waals surface area contributed by atoms with E-state index in [4.69, 9.17) is 0 Å². The van der Waals surface area contributed by atoms with Crippen LogP contribution in [0.2, 0.25) is 0 Å². The van der Waals surface area contributed by atoms with Gasteiger partial charge in [0.05, 0.1) is 0 Å². The zero-order valence-electron chi connectivity index (χ0n) is 7.23. The van der Waals surface area contributed by atoms with Gasteiger partial charge in [0, 0.05) is 9.26 Å². The summed E-state index contributed by atoms with van der Waals surface area (Å²) >= 11 is 2.04. The molecule has 3 nitrogen and oxygen atoms in total. The van der Waals surface area contributed by atoms with E-state index in [9.17, 15) is 18.0 Å². The molecule has 0 spiro atoms. The van der Waals surface area contributed by atoms with Gasteiger partial charge in [-0.2, -0.15) is 13.2 Å². The van der Waals surface area contributed by atoms with Crippen LogP contribution < -0.4 is 10.6 Å². The molecule has 0 radical (unpaired) electrons. The van der Waals surface area contributed by atoms with E-state index >= 15 is 0 Å². The second kappa shape index (κ2) is 4.69. The number of amides is 2. The highest BCUT2D eigenvalue weighted by Crippen LogP contribution is 2.13. The topological polar surface area (TPSA) is 41.1 Å². The molecule has 2 N–H and O–H groups in total. The van der Waals surface area contributed by atoms with Gasteiger partial charge in [0.25, 0.3) is 0 Å². The summed E-state index contributed by atoms with van der Waals surface area (Å²) in [5.41, 5.74) is 0.303. The number of hydrogen-bond donors (Lipinski definition) is 2. The van der Waals surface area contributed by atoms with E-state index in [1.165, 1.54) is 12.1 Å². The molecule has 2 amide bonds. The molecule has 0 bridgehead atoms. The van der Waals surface area contributed by atoms with Gasteiger partial charge >= 0.3 is 12.3 Å². The minimum Gasteiger partial charge on any atom is -0.308 e. The third kappa shape index (κ3) is 4.86. The standard InChI is InChI=1S/C8H6F3IN2O/c9-8(10,11)14-7(15)13-6-3-1-5(12)2-4-6/h1-4H,(H2,13,14,15). The molecule has 82 valence electrons. The molecule has 1 aromatic carbocycles. The predicted molar refractivity (Wildman–Crippen MR) is 57.4 cm³/mol. The first-order valence-electron chi connectivity index (χ1n) is 3.78. The van der Waals surface area contributed by atoms with Crippen molar-refractivity contribution in [1.82, 2.24) is 5.32 Å². The largest absolute Gasteiger partial charge is 0.485 e. The van der Waals surface area contributed by atoms with Crippen molar-refractivity contribution in [3.8, 4) is 0 Å². The Morgan fingerprint density at radius 2 is 1.73 bits per heavy atom. The summed E-state index contributed by atoms with van der Waals surface area (Å²) < 4.78 is 36.0. The molecule has 0 heterocycles. The van der Waals surface area contributed by atoms with E-state index in [1.807, 2.05) is 22.6 Å². The molecular formula is C8H6F3IN2O. The fourth-order valence-corrected chi connectivity index (χ4v) is 1.18. The second-order valence-electron chi connectivity index (χ2n) is 2.58. The maximum Gasteiger partial charge on any atom is 0.485 e. The smallest absolute Gasteiger partial charge is 0.308 e. The fraction of sp³-hybridized carbons (Fsp3) is 0.125. The normalized spacial score (nSPS) is 10.9. The number of carbonyl (C=O) groups is 1. The van der Waals surface area contributed by atoms with Crippen molar-refractivity contribution in [3.05, 3.63) is 27.8 Å². The van der Waals surface area contributed by atoms with Gasteiger partial charge in [-0.3, -0.25) is 0 Å². The van der Waals surface area contributed by atoms with Crippen molar-refractivity contribution in [3.63, 3.8) is 0 Å². The Morgan fingerprint density at radius 3 is 2.20 bits per heavy atom. The van der Waals surface area contributed by atoms with Crippen molar-refractivity contribution < 1.29 is 18.0 Å². The van der Waals surface area contributed by atoms with Crippen LogP contribution in [0.3, 0.4) is 0 Å². The highest BCUT2D eigenvalue weighted by Gasteiger charge is 2.29. The third-order valence-electron chi connectivity index (χ3n) is 1.36. The van der Waals surface area contributed by atoms with Crippen LogP contribution in [-0.4, -0.2) is 12.3 Å². The van der Waals surface area contributed by atoms with Gasteiger partial charge in [-0.25, -0.2) is 10.1 Å². The van der Waals surface area contributed by atoms with Crippen LogP contribution in [0.1, 0.15) is 0 Å². The van der Waals surface area contributed by atoms with Crippen LogP contribution in [-0.2, 0) is 0 Å². The van der Waals surface area contributed by atoms with Crippen LogP contribution in [0.25, 0.3) is 0 Å². The lowest BCUT2D eigenvalue weighted by molar-refractivity contribution is -0.144. The van der Waals surface area contributed by atoms with Crippen molar-refractivity contribution in [2.24, 2.45) is 0 Å². The molecule has 0 saturated carbocycles. The van der Waals surface area contributed by atoms with Gasteiger partial charge in [0.1, 0.15) is 0 Å². The summed E-state index contributed by atoms with van der Waals surface area (Å²) in [4.78, 5) is 10.8. The average molecular weight is 330 g/mol. The van der Waals surface area contributed by atoms with Crippen LogP contribution in [0, 0.1) is 3.57 Å². The number of nitrogens with one attached hydrogen (secondary N) is 2. The Balaban J connectivity index is 2.55. The van der Waals surface area contributed by atoms with Crippen LogP contribution in [0.4, 0.5) is 23.7 Å².